The lowest BCUT2D eigenvalue weighted by Gasteiger charge is -2.30. The van der Waals surface area contributed by atoms with E-state index in [1.807, 2.05) is 4.57 Å². The van der Waals surface area contributed by atoms with Gasteiger partial charge in [-0.05, 0) is 19.3 Å². The van der Waals surface area contributed by atoms with Crippen molar-refractivity contribution in [2.75, 3.05) is 13.1 Å². The van der Waals surface area contributed by atoms with Crippen molar-refractivity contribution < 1.29 is 4.79 Å². The third-order valence-electron chi connectivity index (χ3n) is 2.73. The number of nitrogens with one attached hydrogen (secondary N) is 1. The molecule has 0 radical (unpaired) electrons. The first-order chi connectivity index (χ1) is 8.13. The van der Waals surface area contributed by atoms with Gasteiger partial charge in [-0.2, -0.15) is 0 Å². The van der Waals surface area contributed by atoms with Crippen molar-refractivity contribution in [3.05, 3.63) is 18.2 Å². The smallest absolute Gasteiger partial charge is 0.284 e. The maximum atomic E-state index is 11.3. The van der Waals surface area contributed by atoms with Crippen LogP contribution in [0, 0.1) is 5.41 Å². The Kier molecular flexibility index (Phi) is 4.16. The molecule has 5 heteroatoms. The van der Waals surface area contributed by atoms with Gasteiger partial charge in [0, 0.05) is 25.5 Å². The summed E-state index contributed by atoms with van der Waals surface area (Å²) in [5, 5.41) is 3.42. The molecule has 0 spiro atoms. The Labute approximate surface area is 109 Å². The zero-order valence-corrected chi connectivity index (χ0v) is 11.9. The summed E-state index contributed by atoms with van der Waals surface area (Å²) in [5.74, 6) is -0.193. The molecule has 1 rings (SSSR count). The van der Waals surface area contributed by atoms with Gasteiger partial charge in [0.25, 0.3) is 5.91 Å². The van der Waals surface area contributed by atoms with Crippen LogP contribution in [-0.4, -0.2) is 28.5 Å². The molecule has 1 amide bonds. The van der Waals surface area contributed by atoms with Crippen LogP contribution >= 0.6 is 0 Å². The van der Waals surface area contributed by atoms with Crippen molar-refractivity contribution in [1.29, 1.82) is 0 Å². The molecule has 0 atom stereocenters. The van der Waals surface area contributed by atoms with E-state index in [0.29, 0.717) is 5.82 Å². The summed E-state index contributed by atoms with van der Waals surface area (Å²) < 4.78 is 1.82. The molecule has 0 aliphatic carbocycles. The Morgan fingerprint density at radius 2 is 1.94 bits per heavy atom. The van der Waals surface area contributed by atoms with Crippen LogP contribution in [0.2, 0.25) is 0 Å². The largest absolute Gasteiger partial charge is 0.363 e. The zero-order chi connectivity index (χ0) is 14.0. The Hall–Kier alpha value is -1.36. The number of primary amides is 1. The third kappa shape index (κ3) is 3.84. The van der Waals surface area contributed by atoms with Gasteiger partial charge in [0.2, 0.25) is 0 Å². The van der Waals surface area contributed by atoms with Crippen LogP contribution in [-0.2, 0) is 5.54 Å². The molecule has 5 nitrogen and oxygen atoms in total. The van der Waals surface area contributed by atoms with Crippen molar-refractivity contribution in [2.45, 2.75) is 40.2 Å². The van der Waals surface area contributed by atoms with E-state index in [1.54, 1.807) is 12.4 Å². The number of nitrogens with two attached hydrogens (primary N) is 1. The van der Waals surface area contributed by atoms with Gasteiger partial charge in [-0.3, -0.25) is 4.79 Å². The fraction of sp³-hybridized carbons (Fsp3) is 0.692. The second-order valence-corrected chi connectivity index (χ2v) is 6.46. The Balaban J connectivity index is 2.74. The molecule has 1 aromatic rings. The molecule has 0 saturated heterocycles. The first kappa shape index (κ1) is 14.7. The lowest BCUT2D eigenvalue weighted by atomic mass is 9.96. The Bertz CT molecular complexity index is 415. The van der Waals surface area contributed by atoms with Gasteiger partial charge in [-0.1, -0.05) is 20.8 Å². The van der Waals surface area contributed by atoms with Crippen LogP contribution in [0.25, 0.3) is 0 Å². The second-order valence-electron chi connectivity index (χ2n) is 6.46. The molecule has 102 valence electrons. The quantitative estimate of drug-likeness (QED) is 0.831. The molecule has 3 N–H and O–H groups in total. The lowest BCUT2D eigenvalue weighted by Crippen LogP contribution is -2.42. The summed E-state index contributed by atoms with van der Waals surface area (Å²) in [6, 6.07) is 0. The van der Waals surface area contributed by atoms with E-state index in [1.165, 1.54) is 0 Å². The van der Waals surface area contributed by atoms with Gasteiger partial charge in [-0.25, -0.2) is 4.98 Å². The van der Waals surface area contributed by atoms with Gasteiger partial charge in [0.05, 0.1) is 5.54 Å². The summed E-state index contributed by atoms with van der Waals surface area (Å²) in [4.78, 5) is 15.3. The van der Waals surface area contributed by atoms with Crippen molar-refractivity contribution in [1.82, 2.24) is 14.9 Å². The molecule has 0 aliphatic rings. The first-order valence-corrected chi connectivity index (χ1v) is 6.18. The highest BCUT2D eigenvalue weighted by Crippen LogP contribution is 2.17. The van der Waals surface area contributed by atoms with Crippen LogP contribution in [0.4, 0.5) is 0 Å². The summed E-state index contributed by atoms with van der Waals surface area (Å²) in [6.07, 6.45) is 3.39. The monoisotopic (exact) mass is 252 g/mol. The number of imidazole rings is 1. The maximum Gasteiger partial charge on any atom is 0.284 e. The van der Waals surface area contributed by atoms with Crippen molar-refractivity contribution in [2.24, 2.45) is 11.1 Å². The van der Waals surface area contributed by atoms with E-state index < -0.39 is 5.91 Å². The van der Waals surface area contributed by atoms with E-state index in [2.05, 4.69) is 44.9 Å². The minimum absolute atomic E-state index is 0.234. The van der Waals surface area contributed by atoms with E-state index in [0.717, 1.165) is 13.1 Å². The van der Waals surface area contributed by atoms with E-state index in [9.17, 15) is 4.79 Å². The average Bonchev–Trinajstić information content (AvgIpc) is 2.63. The average molecular weight is 252 g/mol. The van der Waals surface area contributed by atoms with Crippen LogP contribution < -0.4 is 11.1 Å². The molecule has 0 aliphatic heterocycles. The van der Waals surface area contributed by atoms with Crippen LogP contribution in [0.5, 0.6) is 0 Å². The highest BCUT2D eigenvalue weighted by molar-refractivity contribution is 5.89. The SMILES string of the molecule is CC(C)(C)CNCC(C)(C)n1ccnc1C(N)=O. The summed E-state index contributed by atoms with van der Waals surface area (Å²) in [6.45, 7) is 12.3. The highest BCUT2D eigenvalue weighted by Gasteiger charge is 2.25. The fourth-order valence-corrected chi connectivity index (χ4v) is 1.80. The predicted molar refractivity (Wildman–Crippen MR) is 72.4 cm³/mol. The summed E-state index contributed by atoms with van der Waals surface area (Å²) in [5.41, 5.74) is 5.30. The first-order valence-electron chi connectivity index (χ1n) is 6.18. The highest BCUT2D eigenvalue weighted by atomic mass is 16.1. The van der Waals surface area contributed by atoms with E-state index >= 15 is 0 Å². The topological polar surface area (TPSA) is 72.9 Å². The molecule has 0 bridgehead atoms. The number of carbonyl (C=O) groups is 1. The van der Waals surface area contributed by atoms with Crippen molar-refractivity contribution >= 4 is 5.91 Å². The second kappa shape index (κ2) is 5.10. The van der Waals surface area contributed by atoms with Crippen molar-refractivity contribution in [3.8, 4) is 0 Å². The minimum atomic E-state index is -0.496. The van der Waals surface area contributed by atoms with Crippen molar-refractivity contribution in [3.63, 3.8) is 0 Å². The van der Waals surface area contributed by atoms with Gasteiger partial charge in [-0.15, -0.1) is 0 Å². The molecule has 0 fully saturated rings. The molecular formula is C13H24N4O. The molecule has 1 heterocycles. The molecule has 0 unspecified atom stereocenters. The van der Waals surface area contributed by atoms with Crippen LogP contribution in [0.15, 0.2) is 12.4 Å². The number of nitrogens with zero attached hydrogens (tertiary/aromatic N) is 2. The minimum Gasteiger partial charge on any atom is -0.363 e. The molecule has 1 aromatic heterocycles. The van der Waals surface area contributed by atoms with Crippen LogP contribution in [0.1, 0.15) is 45.2 Å². The molecule has 0 saturated carbocycles. The number of aromatic nitrogens is 2. The standard InChI is InChI=1S/C13H24N4O/c1-12(2,3)8-15-9-13(4,5)17-7-6-16-11(17)10(14)18/h6-7,15H,8-9H2,1-5H3,(H2,14,18). The van der Waals surface area contributed by atoms with Crippen LogP contribution in [0.3, 0.4) is 0 Å². The van der Waals surface area contributed by atoms with E-state index in [4.69, 9.17) is 5.73 Å². The third-order valence-corrected chi connectivity index (χ3v) is 2.73. The predicted octanol–water partition coefficient (Wildman–Crippen LogP) is 1.35. The van der Waals surface area contributed by atoms with E-state index in [-0.39, 0.29) is 11.0 Å². The summed E-state index contributed by atoms with van der Waals surface area (Å²) >= 11 is 0. The molecule has 0 aromatic carbocycles. The number of carbonyl (C=O) groups excluding carboxylic acids is 1. The lowest BCUT2D eigenvalue weighted by molar-refractivity contribution is 0.0978. The number of hydrogen-bond donors (Lipinski definition) is 2. The Morgan fingerprint density at radius 1 is 1.33 bits per heavy atom. The van der Waals surface area contributed by atoms with Gasteiger partial charge in [0.15, 0.2) is 5.82 Å². The molecular weight excluding hydrogens is 228 g/mol. The zero-order valence-electron chi connectivity index (χ0n) is 11.9. The van der Waals surface area contributed by atoms with Gasteiger partial charge < -0.3 is 15.6 Å². The van der Waals surface area contributed by atoms with Gasteiger partial charge in [0.1, 0.15) is 0 Å². The van der Waals surface area contributed by atoms with Gasteiger partial charge >= 0.3 is 0 Å². The normalized spacial score (nSPS) is 12.7. The maximum absolute atomic E-state index is 11.3. The summed E-state index contributed by atoms with van der Waals surface area (Å²) in [7, 11) is 0. The number of rotatable bonds is 5. The fourth-order valence-electron chi connectivity index (χ4n) is 1.80. The number of hydrogen-bond acceptors (Lipinski definition) is 3. The molecule has 18 heavy (non-hydrogen) atoms. The number of amides is 1. The Morgan fingerprint density at radius 3 is 2.44 bits per heavy atom.